The van der Waals surface area contributed by atoms with E-state index in [-0.39, 0.29) is 5.54 Å². The van der Waals surface area contributed by atoms with Crippen molar-refractivity contribution in [1.29, 1.82) is 0 Å². The third-order valence-electron chi connectivity index (χ3n) is 2.26. The number of hydrogen-bond acceptors (Lipinski definition) is 1. The SMILES string of the molecule is CC(C)[N]=[Ta].CCC([NH-])(CC)CC. The molecule has 0 saturated carbocycles. The second kappa shape index (κ2) is 9.07. The summed E-state index contributed by atoms with van der Waals surface area (Å²) in [5, 5.41) is 0. The average Bonchev–Trinajstić information content (AvgIpc) is 2.17. The van der Waals surface area contributed by atoms with Crippen LogP contribution in [0.15, 0.2) is 3.34 Å². The molecule has 0 fully saturated rings. The minimum absolute atomic E-state index is 0.125. The summed E-state index contributed by atoms with van der Waals surface area (Å²) in [6.07, 6.45) is 2.96. The van der Waals surface area contributed by atoms with Crippen molar-refractivity contribution < 1.29 is 20.9 Å². The molecule has 0 spiro atoms. The number of hydrogen-bond donors (Lipinski definition) is 0. The van der Waals surface area contributed by atoms with Crippen LogP contribution in [0.5, 0.6) is 0 Å². The van der Waals surface area contributed by atoms with Gasteiger partial charge in [0.25, 0.3) is 0 Å². The maximum absolute atomic E-state index is 7.67. The molecule has 0 amide bonds. The Labute approximate surface area is 95.5 Å². The molecule has 1 N–H and O–H groups in total. The van der Waals surface area contributed by atoms with Gasteiger partial charge in [0.1, 0.15) is 0 Å². The normalized spacial score (nSPS) is 10.6. The van der Waals surface area contributed by atoms with E-state index in [0.29, 0.717) is 6.04 Å². The third kappa shape index (κ3) is 10.4. The van der Waals surface area contributed by atoms with Gasteiger partial charge in [-0.3, -0.25) is 0 Å². The van der Waals surface area contributed by atoms with Gasteiger partial charge in [0.2, 0.25) is 0 Å². The van der Waals surface area contributed by atoms with Crippen LogP contribution in [0.3, 0.4) is 0 Å². The fourth-order valence-corrected chi connectivity index (χ4v) is 0.750. The first kappa shape index (κ1) is 16.0. The van der Waals surface area contributed by atoms with Crippen molar-refractivity contribution in [2.24, 2.45) is 3.34 Å². The smallest absolute Gasteiger partial charge is 0.0665 e. The molecule has 0 aliphatic carbocycles. The Morgan fingerprint density at radius 2 is 1.38 bits per heavy atom. The molecule has 0 radical (unpaired) electrons. The van der Waals surface area contributed by atoms with Crippen molar-refractivity contribution in [2.75, 3.05) is 0 Å². The summed E-state index contributed by atoms with van der Waals surface area (Å²) in [4.78, 5) is 0. The third-order valence-corrected chi connectivity index (χ3v) is 3.92. The summed E-state index contributed by atoms with van der Waals surface area (Å²) < 4.78 is 4.00. The Kier molecular flexibility index (Phi) is 11.1. The second-order valence-corrected chi connectivity index (χ2v) is 4.38. The van der Waals surface area contributed by atoms with Crippen LogP contribution in [0.2, 0.25) is 0 Å². The van der Waals surface area contributed by atoms with Gasteiger partial charge in [0.05, 0.1) is 0 Å². The molecule has 2 nitrogen and oxygen atoms in total. The molecule has 0 aliphatic rings. The van der Waals surface area contributed by atoms with Gasteiger partial charge < -0.3 is 5.73 Å². The van der Waals surface area contributed by atoms with Crippen LogP contribution < -0.4 is 0 Å². The van der Waals surface area contributed by atoms with Crippen LogP contribution in [-0.4, -0.2) is 11.6 Å². The van der Waals surface area contributed by atoms with E-state index >= 15 is 0 Å². The standard InChI is InChI=1S/C7H16N.C3H7N.Ta/c1-4-7(8,5-2)6-3;1-3(2)4;/h8H,4-6H2,1-3H3;3H,1-2H3;/q-1;;. The molecule has 3 heteroatoms. The summed E-state index contributed by atoms with van der Waals surface area (Å²) in [7, 11) is 0. The predicted octanol–water partition coefficient (Wildman–Crippen LogP) is 4.13. The van der Waals surface area contributed by atoms with Crippen molar-refractivity contribution in [3.05, 3.63) is 5.73 Å². The largest absolute Gasteiger partial charge is 0.672 e. The molecule has 0 unspecified atom stereocenters. The first-order valence-corrected chi connectivity index (χ1v) is 6.48. The van der Waals surface area contributed by atoms with Gasteiger partial charge in [-0.25, -0.2) is 0 Å². The minimum atomic E-state index is -0.125. The van der Waals surface area contributed by atoms with Crippen molar-refractivity contribution >= 4 is 0 Å². The zero-order chi connectivity index (χ0) is 10.9. The molecule has 0 aromatic heterocycles. The van der Waals surface area contributed by atoms with Crippen molar-refractivity contribution in [2.45, 2.75) is 65.5 Å². The zero-order valence-corrected chi connectivity index (χ0v) is 12.8. The molecule has 0 bridgehead atoms. The number of nitrogens with zero attached hydrogens (tertiary/aromatic N) is 1. The molecule has 0 saturated heterocycles. The summed E-state index contributed by atoms with van der Waals surface area (Å²) >= 11 is 1.16. The van der Waals surface area contributed by atoms with Gasteiger partial charge in [0, 0.05) is 0 Å². The van der Waals surface area contributed by atoms with Gasteiger partial charge in [-0.2, -0.15) is 0 Å². The maximum atomic E-state index is 7.67. The van der Waals surface area contributed by atoms with E-state index in [1.54, 1.807) is 0 Å². The second-order valence-electron chi connectivity index (χ2n) is 3.55. The quantitative estimate of drug-likeness (QED) is 0.729. The Morgan fingerprint density at radius 3 is 1.38 bits per heavy atom. The minimum Gasteiger partial charge on any atom is -0.672 e. The van der Waals surface area contributed by atoms with E-state index in [9.17, 15) is 0 Å². The molecule has 0 rings (SSSR count). The number of nitrogens with one attached hydrogen (secondary N) is 1. The van der Waals surface area contributed by atoms with Gasteiger partial charge in [-0.05, 0) is 0 Å². The van der Waals surface area contributed by atoms with E-state index in [0.717, 1.165) is 40.2 Å². The molecular formula is C10H23N2Ta-. The Hall–Kier alpha value is 0.500. The first-order valence-electron chi connectivity index (χ1n) is 5.04. The van der Waals surface area contributed by atoms with Crippen LogP contribution in [0, 0.1) is 0 Å². The molecule has 0 heterocycles. The van der Waals surface area contributed by atoms with Gasteiger partial charge in [-0.15, -0.1) is 5.54 Å². The molecule has 0 atom stereocenters. The predicted molar refractivity (Wildman–Crippen MR) is 55.5 cm³/mol. The van der Waals surface area contributed by atoms with Gasteiger partial charge in [0.15, 0.2) is 0 Å². The topological polar surface area (TPSA) is 36.2 Å². The van der Waals surface area contributed by atoms with E-state index in [4.69, 9.17) is 5.73 Å². The van der Waals surface area contributed by atoms with Crippen molar-refractivity contribution in [1.82, 2.24) is 0 Å². The molecular weight excluding hydrogens is 329 g/mol. The monoisotopic (exact) mass is 352 g/mol. The van der Waals surface area contributed by atoms with E-state index in [1.165, 1.54) is 0 Å². The Balaban J connectivity index is 0. The van der Waals surface area contributed by atoms with E-state index in [1.807, 2.05) is 0 Å². The fourth-order valence-electron chi connectivity index (χ4n) is 0.750. The van der Waals surface area contributed by atoms with Crippen LogP contribution >= 0.6 is 0 Å². The average molecular weight is 352 g/mol. The maximum Gasteiger partial charge on any atom is -0.0665 e. The number of rotatable bonds is 4. The summed E-state index contributed by atoms with van der Waals surface area (Å²) in [5.41, 5.74) is 7.54. The van der Waals surface area contributed by atoms with Gasteiger partial charge in [-0.1, -0.05) is 40.0 Å². The Bertz CT molecular complexity index is 112. The van der Waals surface area contributed by atoms with Crippen molar-refractivity contribution in [3.8, 4) is 0 Å². The van der Waals surface area contributed by atoms with E-state index < -0.39 is 0 Å². The van der Waals surface area contributed by atoms with Crippen LogP contribution in [-0.2, 0) is 20.9 Å². The molecule has 0 aromatic rings. The summed E-state index contributed by atoms with van der Waals surface area (Å²) in [5.74, 6) is 0. The van der Waals surface area contributed by atoms with E-state index in [2.05, 4.69) is 38.0 Å². The van der Waals surface area contributed by atoms with Crippen LogP contribution in [0.25, 0.3) is 5.73 Å². The molecule has 0 aliphatic heterocycles. The zero-order valence-electron chi connectivity index (χ0n) is 9.59. The Morgan fingerprint density at radius 1 is 1.15 bits per heavy atom. The fraction of sp³-hybridized carbons (Fsp3) is 1.00. The van der Waals surface area contributed by atoms with Crippen LogP contribution in [0.1, 0.15) is 53.9 Å². The molecule has 79 valence electrons. The summed E-state index contributed by atoms with van der Waals surface area (Å²) in [6.45, 7) is 10.4. The molecule has 0 aromatic carbocycles. The summed E-state index contributed by atoms with van der Waals surface area (Å²) in [6, 6.07) is 0.559. The van der Waals surface area contributed by atoms with Crippen LogP contribution in [0.4, 0.5) is 0 Å². The van der Waals surface area contributed by atoms with Gasteiger partial charge >= 0.3 is 44.1 Å². The molecule has 13 heavy (non-hydrogen) atoms. The van der Waals surface area contributed by atoms with Crippen molar-refractivity contribution in [3.63, 3.8) is 0 Å². The first-order chi connectivity index (χ1) is 5.95.